The van der Waals surface area contributed by atoms with E-state index in [1.807, 2.05) is 0 Å². The topological polar surface area (TPSA) is 29.1 Å². The highest BCUT2D eigenvalue weighted by Gasteiger charge is 1.97. The number of nitrogens with one attached hydrogen (secondary N) is 1. The molecule has 0 fully saturated rings. The molecule has 0 radical (unpaired) electrons. The molecule has 0 aromatic heterocycles. The molecule has 70 valence electrons. The van der Waals surface area contributed by atoms with Crippen molar-refractivity contribution in [2.75, 3.05) is 6.54 Å². The molecule has 0 rings (SSSR count). The molecule has 0 aliphatic heterocycles. The number of carbonyl (C=O) groups is 1. The Morgan fingerprint density at radius 3 is 2.75 bits per heavy atom. The molecule has 0 unspecified atom stereocenters. The van der Waals surface area contributed by atoms with Crippen molar-refractivity contribution in [1.29, 1.82) is 0 Å². The van der Waals surface area contributed by atoms with Gasteiger partial charge in [-0.25, -0.2) is 0 Å². The summed E-state index contributed by atoms with van der Waals surface area (Å²) in [6.45, 7) is 6.28. The van der Waals surface area contributed by atoms with Gasteiger partial charge in [-0.2, -0.15) is 0 Å². The second-order valence-electron chi connectivity index (χ2n) is 2.90. The van der Waals surface area contributed by atoms with Crippen LogP contribution in [0.2, 0.25) is 0 Å². The first-order valence-corrected chi connectivity index (χ1v) is 4.68. The first kappa shape index (κ1) is 11.2. The van der Waals surface area contributed by atoms with E-state index >= 15 is 0 Å². The fourth-order valence-corrected chi connectivity index (χ4v) is 0.987. The van der Waals surface area contributed by atoms with Crippen LogP contribution in [0.4, 0.5) is 0 Å². The van der Waals surface area contributed by atoms with Crippen LogP contribution in [0.5, 0.6) is 0 Å². The van der Waals surface area contributed by atoms with E-state index in [1.165, 1.54) is 12.8 Å². The molecule has 0 saturated carbocycles. The highest BCUT2D eigenvalue weighted by atomic mass is 16.1. The minimum Gasteiger partial charge on any atom is -0.353 e. The Morgan fingerprint density at radius 2 is 2.17 bits per heavy atom. The fourth-order valence-electron chi connectivity index (χ4n) is 0.987. The second kappa shape index (κ2) is 8.31. The van der Waals surface area contributed by atoms with Gasteiger partial charge in [0.05, 0.1) is 0 Å². The predicted octanol–water partition coefficient (Wildman–Crippen LogP) is 2.26. The Balaban J connectivity index is 3.13. The van der Waals surface area contributed by atoms with E-state index in [2.05, 4.69) is 18.8 Å². The first-order valence-electron chi connectivity index (χ1n) is 4.68. The fraction of sp³-hybridized carbons (Fsp3) is 0.700. The summed E-state index contributed by atoms with van der Waals surface area (Å²) in [6, 6.07) is 0. The summed E-state index contributed by atoms with van der Waals surface area (Å²) in [4.78, 5) is 11.0. The largest absolute Gasteiger partial charge is 0.353 e. The van der Waals surface area contributed by atoms with Gasteiger partial charge >= 0.3 is 0 Å². The number of hydrogen-bond donors (Lipinski definition) is 1. The van der Waals surface area contributed by atoms with Gasteiger partial charge in [-0.1, -0.05) is 32.3 Å². The van der Waals surface area contributed by atoms with Gasteiger partial charge in [-0.3, -0.25) is 4.79 Å². The molecule has 0 spiro atoms. The molecular weight excluding hydrogens is 150 g/mol. The molecule has 1 N–H and O–H groups in total. The Labute approximate surface area is 75.0 Å². The van der Waals surface area contributed by atoms with Gasteiger partial charge < -0.3 is 5.32 Å². The van der Waals surface area contributed by atoms with Crippen molar-refractivity contribution in [2.45, 2.75) is 39.0 Å². The van der Waals surface area contributed by atoms with E-state index in [0.717, 1.165) is 12.8 Å². The van der Waals surface area contributed by atoms with Crippen LogP contribution < -0.4 is 5.32 Å². The van der Waals surface area contributed by atoms with Crippen LogP contribution in [0.15, 0.2) is 12.7 Å². The molecule has 0 aromatic rings. The lowest BCUT2D eigenvalue weighted by atomic mass is 10.1. The quantitative estimate of drug-likeness (QED) is 0.459. The smallest absolute Gasteiger partial charge is 0.220 e. The summed E-state index contributed by atoms with van der Waals surface area (Å²) >= 11 is 0. The van der Waals surface area contributed by atoms with E-state index in [1.54, 1.807) is 6.08 Å². The maximum absolute atomic E-state index is 11.0. The standard InChI is InChI=1S/C10H19NO/c1-3-5-6-7-8-10(12)11-9-4-2/h4H,2-3,5-9H2,1H3,(H,11,12). The number of hydrogen-bond acceptors (Lipinski definition) is 1. The maximum Gasteiger partial charge on any atom is 0.220 e. The molecule has 0 saturated heterocycles. The van der Waals surface area contributed by atoms with Gasteiger partial charge in [0.15, 0.2) is 0 Å². The highest BCUT2D eigenvalue weighted by molar-refractivity contribution is 5.75. The Kier molecular flexibility index (Phi) is 7.76. The summed E-state index contributed by atoms with van der Waals surface area (Å²) in [7, 11) is 0. The van der Waals surface area contributed by atoms with Crippen LogP contribution in [0.3, 0.4) is 0 Å². The minimum absolute atomic E-state index is 0.144. The van der Waals surface area contributed by atoms with Crippen molar-refractivity contribution in [2.24, 2.45) is 0 Å². The number of unbranched alkanes of at least 4 members (excludes halogenated alkanes) is 3. The van der Waals surface area contributed by atoms with E-state index in [-0.39, 0.29) is 5.91 Å². The monoisotopic (exact) mass is 169 g/mol. The van der Waals surface area contributed by atoms with Crippen molar-refractivity contribution in [1.82, 2.24) is 5.32 Å². The van der Waals surface area contributed by atoms with Crippen LogP contribution in [-0.4, -0.2) is 12.5 Å². The van der Waals surface area contributed by atoms with Crippen molar-refractivity contribution in [3.8, 4) is 0 Å². The molecule has 2 heteroatoms. The van der Waals surface area contributed by atoms with Crippen LogP contribution in [0.1, 0.15) is 39.0 Å². The third kappa shape index (κ3) is 7.32. The normalized spacial score (nSPS) is 9.42. The molecule has 1 amide bonds. The summed E-state index contributed by atoms with van der Waals surface area (Å²) in [5, 5.41) is 2.75. The average Bonchev–Trinajstić information content (AvgIpc) is 2.09. The highest BCUT2D eigenvalue weighted by Crippen LogP contribution is 2.01. The second-order valence-corrected chi connectivity index (χ2v) is 2.90. The van der Waals surface area contributed by atoms with Crippen molar-refractivity contribution >= 4 is 5.91 Å². The third-order valence-corrected chi connectivity index (χ3v) is 1.70. The zero-order valence-electron chi connectivity index (χ0n) is 7.94. The van der Waals surface area contributed by atoms with Gasteiger partial charge in [-0.15, -0.1) is 6.58 Å². The third-order valence-electron chi connectivity index (χ3n) is 1.70. The van der Waals surface area contributed by atoms with Gasteiger partial charge in [0.25, 0.3) is 0 Å². The van der Waals surface area contributed by atoms with E-state index < -0.39 is 0 Å². The Morgan fingerprint density at radius 1 is 1.42 bits per heavy atom. The summed E-state index contributed by atoms with van der Waals surface area (Å²) in [6.07, 6.45) is 6.98. The van der Waals surface area contributed by atoms with Gasteiger partial charge in [0, 0.05) is 13.0 Å². The van der Waals surface area contributed by atoms with Crippen molar-refractivity contribution in [3.63, 3.8) is 0 Å². The lowest BCUT2D eigenvalue weighted by Gasteiger charge is -2.00. The summed E-state index contributed by atoms with van der Waals surface area (Å²) in [5.41, 5.74) is 0. The van der Waals surface area contributed by atoms with Crippen LogP contribution >= 0.6 is 0 Å². The van der Waals surface area contributed by atoms with Gasteiger partial charge in [-0.05, 0) is 6.42 Å². The van der Waals surface area contributed by atoms with Crippen LogP contribution in [0.25, 0.3) is 0 Å². The van der Waals surface area contributed by atoms with Gasteiger partial charge in [0.2, 0.25) is 5.91 Å². The van der Waals surface area contributed by atoms with Crippen LogP contribution in [0, 0.1) is 0 Å². The van der Waals surface area contributed by atoms with Gasteiger partial charge in [0.1, 0.15) is 0 Å². The first-order chi connectivity index (χ1) is 5.81. The molecule has 0 aliphatic carbocycles. The summed E-state index contributed by atoms with van der Waals surface area (Å²) in [5.74, 6) is 0.144. The number of rotatable bonds is 7. The molecule has 0 aliphatic rings. The van der Waals surface area contributed by atoms with E-state index in [4.69, 9.17) is 0 Å². The molecule has 12 heavy (non-hydrogen) atoms. The maximum atomic E-state index is 11.0. The Bertz CT molecular complexity index is 132. The van der Waals surface area contributed by atoms with Crippen molar-refractivity contribution < 1.29 is 4.79 Å². The number of amides is 1. The lowest BCUT2D eigenvalue weighted by molar-refractivity contribution is -0.121. The minimum atomic E-state index is 0.144. The molecule has 0 heterocycles. The van der Waals surface area contributed by atoms with Crippen molar-refractivity contribution in [3.05, 3.63) is 12.7 Å². The average molecular weight is 169 g/mol. The zero-order chi connectivity index (χ0) is 9.23. The van der Waals surface area contributed by atoms with E-state index in [0.29, 0.717) is 13.0 Å². The lowest BCUT2D eigenvalue weighted by Crippen LogP contribution is -2.22. The zero-order valence-corrected chi connectivity index (χ0v) is 7.94. The Hall–Kier alpha value is -0.790. The number of carbonyl (C=O) groups excluding carboxylic acids is 1. The van der Waals surface area contributed by atoms with Crippen LogP contribution in [-0.2, 0) is 4.79 Å². The SMILES string of the molecule is C=CCNC(=O)CCCCCC. The molecular formula is C10H19NO. The molecule has 0 bridgehead atoms. The molecule has 2 nitrogen and oxygen atoms in total. The van der Waals surface area contributed by atoms with E-state index in [9.17, 15) is 4.79 Å². The molecule has 0 atom stereocenters. The predicted molar refractivity (Wildman–Crippen MR) is 52.0 cm³/mol. The summed E-state index contributed by atoms with van der Waals surface area (Å²) < 4.78 is 0. The molecule has 0 aromatic carbocycles.